The van der Waals surface area contributed by atoms with Gasteiger partial charge in [-0.3, -0.25) is 0 Å². The summed E-state index contributed by atoms with van der Waals surface area (Å²) in [5.74, 6) is 0.216. The number of alkyl halides is 1. The fourth-order valence-corrected chi connectivity index (χ4v) is 1.36. The zero-order valence-electron chi connectivity index (χ0n) is 7.31. The van der Waals surface area contributed by atoms with Crippen LogP contribution < -0.4 is 4.74 Å². The summed E-state index contributed by atoms with van der Waals surface area (Å²) in [6.45, 7) is 3.75. The number of hydrogen-bond acceptors (Lipinski definition) is 1. The maximum absolute atomic E-state index is 13.3. The largest absolute Gasteiger partial charge is 0.496 e. The van der Waals surface area contributed by atoms with Gasteiger partial charge in [0.05, 0.1) is 12.7 Å². The predicted molar refractivity (Wildman–Crippen MR) is 55.8 cm³/mol. The normalized spacial score (nSPS) is 9.77. The highest BCUT2D eigenvalue weighted by atomic mass is 79.9. The van der Waals surface area contributed by atoms with Crippen molar-refractivity contribution in [2.45, 2.75) is 0 Å². The Balaban J connectivity index is 3.22. The van der Waals surface area contributed by atoms with Crippen LogP contribution in [0.25, 0.3) is 5.57 Å². The molecule has 1 aromatic carbocycles. The molecule has 0 spiro atoms. The van der Waals surface area contributed by atoms with Crippen molar-refractivity contribution in [2.75, 3.05) is 12.4 Å². The van der Waals surface area contributed by atoms with Gasteiger partial charge in [0.15, 0.2) is 0 Å². The first-order valence-corrected chi connectivity index (χ1v) is 4.89. The van der Waals surface area contributed by atoms with Crippen LogP contribution in [0.2, 0.25) is 0 Å². The molecule has 0 aliphatic heterocycles. The van der Waals surface area contributed by atoms with Crippen LogP contribution in [0.15, 0.2) is 24.8 Å². The van der Waals surface area contributed by atoms with Crippen molar-refractivity contribution in [1.82, 2.24) is 0 Å². The van der Waals surface area contributed by atoms with Crippen molar-refractivity contribution in [2.24, 2.45) is 0 Å². The van der Waals surface area contributed by atoms with Gasteiger partial charge in [0, 0.05) is 5.33 Å². The fraction of sp³-hybridized carbons (Fsp3) is 0.200. The maximum atomic E-state index is 13.3. The van der Waals surface area contributed by atoms with Crippen LogP contribution >= 0.6 is 15.9 Å². The Labute approximate surface area is 85.3 Å². The van der Waals surface area contributed by atoms with Gasteiger partial charge in [-0.15, -0.1) is 0 Å². The van der Waals surface area contributed by atoms with E-state index in [1.807, 2.05) is 0 Å². The number of benzene rings is 1. The Bertz CT molecular complexity index is 323. The molecule has 0 N–H and O–H groups in total. The molecule has 0 fully saturated rings. The van der Waals surface area contributed by atoms with E-state index in [1.54, 1.807) is 12.1 Å². The number of methoxy groups -OCH3 is 1. The average Bonchev–Trinajstić information content (AvgIpc) is 2.16. The minimum absolute atomic E-state index is 0.302. The highest BCUT2D eigenvalue weighted by Crippen LogP contribution is 2.28. The van der Waals surface area contributed by atoms with Crippen LogP contribution in [-0.2, 0) is 0 Å². The SMILES string of the molecule is C=C(CBr)c1c(F)cccc1OC. The smallest absolute Gasteiger partial charge is 0.134 e. The number of halogens is 2. The lowest BCUT2D eigenvalue weighted by molar-refractivity contribution is 0.409. The number of rotatable bonds is 3. The van der Waals surface area contributed by atoms with E-state index < -0.39 is 0 Å². The molecule has 0 heterocycles. The van der Waals surface area contributed by atoms with Crippen LogP contribution in [0, 0.1) is 5.82 Å². The summed E-state index contributed by atoms with van der Waals surface area (Å²) in [5.41, 5.74) is 1.12. The van der Waals surface area contributed by atoms with Crippen molar-refractivity contribution >= 4 is 21.5 Å². The standard InChI is InChI=1S/C10H10BrFO/c1-7(6-11)10-8(12)4-3-5-9(10)13-2/h3-5H,1,6H2,2H3. The third kappa shape index (κ3) is 2.10. The fourth-order valence-electron chi connectivity index (χ4n) is 1.08. The Morgan fingerprint density at radius 3 is 2.85 bits per heavy atom. The van der Waals surface area contributed by atoms with Crippen LogP contribution in [0.1, 0.15) is 5.56 Å². The maximum Gasteiger partial charge on any atom is 0.134 e. The van der Waals surface area contributed by atoms with Gasteiger partial charge in [0.2, 0.25) is 0 Å². The van der Waals surface area contributed by atoms with Crippen molar-refractivity contribution < 1.29 is 9.13 Å². The second-order valence-corrected chi connectivity index (χ2v) is 3.12. The third-order valence-corrected chi connectivity index (χ3v) is 2.39. The topological polar surface area (TPSA) is 9.23 Å². The molecule has 0 bridgehead atoms. The van der Waals surface area contributed by atoms with Crippen molar-refractivity contribution in [1.29, 1.82) is 0 Å². The summed E-state index contributed by atoms with van der Waals surface area (Å²) < 4.78 is 18.3. The summed E-state index contributed by atoms with van der Waals surface area (Å²) in [6.07, 6.45) is 0. The lowest BCUT2D eigenvalue weighted by Crippen LogP contribution is -1.95. The molecule has 0 aromatic heterocycles. The van der Waals surface area contributed by atoms with Crippen LogP contribution in [0.3, 0.4) is 0 Å². The molecular weight excluding hydrogens is 235 g/mol. The van der Waals surface area contributed by atoms with Gasteiger partial charge < -0.3 is 4.74 Å². The second kappa shape index (κ2) is 4.42. The Hall–Kier alpha value is -0.830. The van der Waals surface area contributed by atoms with E-state index >= 15 is 0 Å². The predicted octanol–water partition coefficient (Wildman–Crippen LogP) is 3.24. The Morgan fingerprint density at radius 1 is 1.62 bits per heavy atom. The number of hydrogen-bond donors (Lipinski definition) is 0. The number of ether oxygens (including phenoxy) is 1. The molecule has 0 aliphatic rings. The lowest BCUT2D eigenvalue weighted by atomic mass is 10.1. The molecule has 70 valence electrons. The first kappa shape index (κ1) is 10.3. The van der Waals surface area contributed by atoms with Crippen molar-refractivity contribution in [3.05, 3.63) is 36.2 Å². The first-order chi connectivity index (χ1) is 6.20. The van der Waals surface area contributed by atoms with Crippen LogP contribution in [-0.4, -0.2) is 12.4 Å². The van der Waals surface area contributed by atoms with Gasteiger partial charge in [0.25, 0.3) is 0 Å². The summed E-state index contributed by atoms with van der Waals surface area (Å²) in [4.78, 5) is 0. The molecular formula is C10H10BrFO. The molecule has 13 heavy (non-hydrogen) atoms. The molecule has 0 amide bonds. The van der Waals surface area contributed by atoms with E-state index in [0.29, 0.717) is 22.2 Å². The van der Waals surface area contributed by atoms with E-state index in [0.717, 1.165) is 0 Å². The average molecular weight is 245 g/mol. The van der Waals surface area contributed by atoms with E-state index in [-0.39, 0.29) is 5.82 Å². The quantitative estimate of drug-likeness (QED) is 0.743. The Kier molecular flexibility index (Phi) is 3.48. The molecule has 0 radical (unpaired) electrons. The van der Waals surface area contributed by atoms with Gasteiger partial charge in [-0.05, 0) is 17.7 Å². The van der Waals surface area contributed by atoms with Gasteiger partial charge in [-0.1, -0.05) is 28.6 Å². The van der Waals surface area contributed by atoms with Crippen molar-refractivity contribution in [3.63, 3.8) is 0 Å². The van der Waals surface area contributed by atoms with E-state index in [2.05, 4.69) is 22.5 Å². The van der Waals surface area contributed by atoms with Crippen LogP contribution in [0.4, 0.5) is 4.39 Å². The van der Waals surface area contributed by atoms with Crippen molar-refractivity contribution in [3.8, 4) is 5.75 Å². The van der Waals surface area contributed by atoms with Gasteiger partial charge in [0.1, 0.15) is 11.6 Å². The zero-order chi connectivity index (χ0) is 9.84. The summed E-state index contributed by atoms with van der Waals surface area (Å²) in [7, 11) is 1.51. The minimum atomic E-state index is -0.302. The molecule has 0 unspecified atom stereocenters. The van der Waals surface area contributed by atoms with Gasteiger partial charge in [-0.2, -0.15) is 0 Å². The minimum Gasteiger partial charge on any atom is -0.496 e. The van der Waals surface area contributed by atoms with Crippen LogP contribution in [0.5, 0.6) is 5.75 Å². The highest BCUT2D eigenvalue weighted by Gasteiger charge is 2.10. The second-order valence-electron chi connectivity index (χ2n) is 2.55. The molecule has 1 aromatic rings. The number of allylic oxidation sites excluding steroid dienone is 1. The summed E-state index contributed by atoms with van der Waals surface area (Å²) >= 11 is 3.23. The molecule has 1 nitrogen and oxygen atoms in total. The molecule has 0 saturated carbocycles. The van der Waals surface area contributed by atoms with Gasteiger partial charge >= 0.3 is 0 Å². The summed E-state index contributed by atoms with van der Waals surface area (Å²) in [5, 5.41) is 0.532. The lowest BCUT2D eigenvalue weighted by Gasteiger charge is -2.09. The molecule has 0 aliphatic carbocycles. The zero-order valence-corrected chi connectivity index (χ0v) is 8.90. The van der Waals surface area contributed by atoms with Gasteiger partial charge in [-0.25, -0.2) is 4.39 Å². The molecule has 1 rings (SSSR count). The Morgan fingerprint density at radius 2 is 2.31 bits per heavy atom. The van der Waals surface area contributed by atoms with E-state index in [4.69, 9.17) is 4.74 Å². The highest BCUT2D eigenvalue weighted by molar-refractivity contribution is 9.09. The monoisotopic (exact) mass is 244 g/mol. The molecule has 0 atom stereocenters. The van der Waals surface area contributed by atoms with E-state index in [9.17, 15) is 4.39 Å². The molecule has 3 heteroatoms. The molecule has 0 saturated heterocycles. The van der Waals surface area contributed by atoms with E-state index in [1.165, 1.54) is 13.2 Å². The third-order valence-electron chi connectivity index (χ3n) is 1.71. The summed E-state index contributed by atoms with van der Waals surface area (Å²) in [6, 6.07) is 4.72. The first-order valence-electron chi connectivity index (χ1n) is 3.77.